The molecule has 0 bridgehead atoms. The maximum atomic E-state index is 12.2. The minimum Gasteiger partial charge on any atom is -0.493 e. The quantitative estimate of drug-likeness (QED) is 0.768. The Morgan fingerprint density at radius 2 is 1.76 bits per heavy atom. The van der Waals surface area contributed by atoms with Gasteiger partial charge in [-0.15, -0.1) is 0 Å². The second-order valence-corrected chi connectivity index (χ2v) is 6.91. The highest BCUT2D eigenvalue weighted by Gasteiger charge is 2.07. The van der Waals surface area contributed by atoms with E-state index in [1.54, 1.807) is 0 Å². The van der Waals surface area contributed by atoms with Crippen molar-refractivity contribution in [3.8, 4) is 5.75 Å². The van der Waals surface area contributed by atoms with E-state index in [1.165, 1.54) is 5.56 Å². The van der Waals surface area contributed by atoms with Crippen LogP contribution in [0.4, 0.5) is 11.4 Å². The van der Waals surface area contributed by atoms with E-state index < -0.39 is 0 Å². The minimum absolute atomic E-state index is 0.0830. The van der Waals surface area contributed by atoms with Gasteiger partial charge in [-0.05, 0) is 49.9 Å². The van der Waals surface area contributed by atoms with Gasteiger partial charge in [-0.2, -0.15) is 0 Å². The summed E-state index contributed by atoms with van der Waals surface area (Å²) in [4.78, 5) is 12.2. The van der Waals surface area contributed by atoms with Gasteiger partial charge in [-0.25, -0.2) is 0 Å². The first-order valence-electron chi connectivity index (χ1n) is 8.69. The molecule has 0 aliphatic rings. The lowest BCUT2D eigenvalue weighted by atomic mass is 10.1. The van der Waals surface area contributed by atoms with Crippen LogP contribution in [0, 0.1) is 26.7 Å². The van der Waals surface area contributed by atoms with Gasteiger partial charge in [0.15, 0.2) is 0 Å². The van der Waals surface area contributed by atoms with E-state index in [-0.39, 0.29) is 12.5 Å². The van der Waals surface area contributed by atoms with Crippen LogP contribution in [0.1, 0.15) is 30.5 Å². The van der Waals surface area contributed by atoms with Crippen LogP contribution in [0.15, 0.2) is 36.4 Å². The van der Waals surface area contributed by atoms with Gasteiger partial charge in [0.25, 0.3) is 0 Å². The molecule has 0 fully saturated rings. The van der Waals surface area contributed by atoms with Gasteiger partial charge >= 0.3 is 0 Å². The molecule has 0 atom stereocenters. The normalized spacial score (nSPS) is 10.6. The largest absolute Gasteiger partial charge is 0.493 e. The number of benzene rings is 2. The van der Waals surface area contributed by atoms with Crippen LogP contribution in [0.25, 0.3) is 0 Å². The zero-order valence-corrected chi connectivity index (χ0v) is 15.8. The Morgan fingerprint density at radius 1 is 1.08 bits per heavy atom. The Labute approximate surface area is 150 Å². The van der Waals surface area contributed by atoms with Gasteiger partial charge in [-0.1, -0.05) is 37.6 Å². The Kier molecular flexibility index (Phi) is 6.45. The van der Waals surface area contributed by atoms with E-state index in [1.807, 2.05) is 24.3 Å². The number of hydrogen-bond acceptors (Lipinski definition) is 3. The van der Waals surface area contributed by atoms with Crippen molar-refractivity contribution < 1.29 is 9.53 Å². The molecule has 4 heteroatoms. The third-order valence-electron chi connectivity index (χ3n) is 3.80. The molecule has 0 spiro atoms. The fraction of sp³-hybridized carbons (Fsp3) is 0.381. The Bertz CT molecular complexity index is 715. The predicted octanol–water partition coefficient (Wildman–Crippen LogP) is 4.70. The molecular weight excluding hydrogens is 312 g/mol. The first-order valence-corrected chi connectivity index (χ1v) is 8.69. The summed E-state index contributed by atoms with van der Waals surface area (Å²) < 4.78 is 5.69. The van der Waals surface area contributed by atoms with Gasteiger partial charge in [-0.3, -0.25) is 4.79 Å². The Morgan fingerprint density at radius 3 is 2.40 bits per heavy atom. The fourth-order valence-corrected chi connectivity index (χ4v) is 2.76. The highest BCUT2D eigenvalue weighted by Crippen LogP contribution is 2.22. The summed E-state index contributed by atoms with van der Waals surface area (Å²) in [6, 6.07) is 11.7. The van der Waals surface area contributed by atoms with Crippen molar-refractivity contribution in [3.63, 3.8) is 0 Å². The monoisotopic (exact) mass is 340 g/mol. The second-order valence-electron chi connectivity index (χ2n) is 6.91. The minimum atomic E-state index is -0.0830. The van der Waals surface area contributed by atoms with Crippen molar-refractivity contribution in [2.75, 3.05) is 23.8 Å². The molecule has 4 nitrogen and oxygen atoms in total. The molecule has 0 saturated heterocycles. The molecule has 2 aromatic carbocycles. The van der Waals surface area contributed by atoms with Gasteiger partial charge < -0.3 is 15.4 Å². The van der Waals surface area contributed by atoms with Crippen molar-refractivity contribution in [2.24, 2.45) is 5.92 Å². The maximum absolute atomic E-state index is 12.2. The van der Waals surface area contributed by atoms with Crippen LogP contribution in [0.5, 0.6) is 5.75 Å². The van der Waals surface area contributed by atoms with Crippen LogP contribution >= 0.6 is 0 Å². The van der Waals surface area contributed by atoms with E-state index in [0.717, 1.165) is 28.3 Å². The molecule has 1 amide bonds. The molecule has 2 aromatic rings. The summed E-state index contributed by atoms with van der Waals surface area (Å²) in [6.45, 7) is 11.3. The summed E-state index contributed by atoms with van der Waals surface area (Å²) in [5, 5.41) is 6.15. The third kappa shape index (κ3) is 5.82. The highest BCUT2D eigenvalue weighted by molar-refractivity contribution is 5.94. The maximum Gasteiger partial charge on any atom is 0.243 e. The molecule has 0 heterocycles. The van der Waals surface area contributed by atoms with Crippen molar-refractivity contribution in [2.45, 2.75) is 34.6 Å². The lowest BCUT2D eigenvalue weighted by molar-refractivity contribution is -0.114. The summed E-state index contributed by atoms with van der Waals surface area (Å²) in [6.07, 6.45) is 0. The molecule has 0 aliphatic carbocycles. The number of carbonyl (C=O) groups excluding carboxylic acids is 1. The first kappa shape index (κ1) is 18.8. The van der Waals surface area contributed by atoms with Gasteiger partial charge in [0, 0.05) is 17.4 Å². The van der Waals surface area contributed by atoms with E-state index in [2.05, 4.69) is 57.4 Å². The van der Waals surface area contributed by atoms with Crippen LogP contribution in [-0.4, -0.2) is 19.1 Å². The van der Waals surface area contributed by atoms with Crippen molar-refractivity contribution in [3.05, 3.63) is 53.1 Å². The summed E-state index contributed by atoms with van der Waals surface area (Å²) in [7, 11) is 0. The molecule has 0 radical (unpaired) electrons. The van der Waals surface area contributed by atoms with Crippen molar-refractivity contribution in [1.29, 1.82) is 0 Å². The van der Waals surface area contributed by atoms with Gasteiger partial charge in [0.2, 0.25) is 5.91 Å². The van der Waals surface area contributed by atoms with E-state index in [4.69, 9.17) is 4.74 Å². The zero-order chi connectivity index (χ0) is 18.4. The number of nitrogens with one attached hydrogen (secondary N) is 2. The first-order chi connectivity index (χ1) is 11.8. The average Bonchev–Trinajstić information content (AvgIpc) is 2.52. The standard InChI is InChI=1S/C21H28N2O2/c1-14(2)13-25-19-8-6-7-18(11-19)23-20(24)12-22-21-16(4)9-15(3)10-17(21)5/h6-11,14,22H,12-13H2,1-5H3,(H,23,24). The number of anilines is 2. The van der Waals surface area contributed by atoms with Gasteiger partial charge in [0.05, 0.1) is 13.2 Å². The smallest absolute Gasteiger partial charge is 0.243 e. The summed E-state index contributed by atoms with van der Waals surface area (Å²) >= 11 is 0. The SMILES string of the molecule is Cc1cc(C)c(NCC(=O)Nc2cccc(OCC(C)C)c2)c(C)c1. The lowest BCUT2D eigenvalue weighted by Gasteiger charge is -2.14. The summed E-state index contributed by atoms with van der Waals surface area (Å²) in [5.74, 6) is 1.15. The number of rotatable bonds is 7. The molecule has 0 saturated carbocycles. The summed E-state index contributed by atoms with van der Waals surface area (Å²) in [5.41, 5.74) is 5.28. The number of carbonyl (C=O) groups is 1. The average molecular weight is 340 g/mol. The lowest BCUT2D eigenvalue weighted by Crippen LogP contribution is -2.22. The van der Waals surface area contributed by atoms with Crippen LogP contribution < -0.4 is 15.4 Å². The Balaban J connectivity index is 1.93. The molecule has 2 N–H and O–H groups in total. The topological polar surface area (TPSA) is 50.4 Å². The third-order valence-corrected chi connectivity index (χ3v) is 3.80. The molecule has 0 aliphatic heterocycles. The van der Waals surface area contributed by atoms with E-state index in [0.29, 0.717) is 12.5 Å². The molecule has 25 heavy (non-hydrogen) atoms. The highest BCUT2D eigenvalue weighted by atomic mass is 16.5. The number of ether oxygens (including phenoxy) is 1. The number of hydrogen-bond donors (Lipinski definition) is 2. The number of aryl methyl sites for hydroxylation is 3. The molecule has 2 rings (SSSR count). The zero-order valence-electron chi connectivity index (χ0n) is 15.8. The number of amides is 1. The molecule has 0 aromatic heterocycles. The predicted molar refractivity (Wildman–Crippen MR) is 105 cm³/mol. The van der Waals surface area contributed by atoms with E-state index in [9.17, 15) is 4.79 Å². The van der Waals surface area contributed by atoms with Crippen LogP contribution in [-0.2, 0) is 4.79 Å². The molecular formula is C21H28N2O2. The Hall–Kier alpha value is -2.49. The van der Waals surface area contributed by atoms with Gasteiger partial charge in [0.1, 0.15) is 5.75 Å². The van der Waals surface area contributed by atoms with Crippen LogP contribution in [0.3, 0.4) is 0 Å². The van der Waals surface area contributed by atoms with E-state index >= 15 is 0 Å². The molecule has 0 unspecified atom stereocenters. The molecule has 134 valence electrons. The van der Waals surface area contributed by atoms with Crippen LogP contribution in [0.2, 0.25) is 0 Å². The fourth-order valence-electron chi connectivity index (χ4n) is 2.76. The van der Waals surface area contributed by atoms with Crippen molar-refractivity contribution in [1.82, 2.24) is 0 Å². The van der Waals surface area contributed by atoms with Crippen molar-refractivity contribution >= 4 is 17.3 Å². The second kappa shape index (κ2) is 8.56.